The zero-order valence-electron chi connectivity index (χ0n) is 16.9. The second kappa shape index (κ2) is 10.5. The molecule has 0 saturated heterocycles. The summed E-state index contributed by atoms with van der Waals surface area (Å²) >= 11 is 6.12. The fourth-order valence-electron chi connectivity index (χ4n) is 2.75. The van der Waals surface area contributed by atoms with Crippen LogP contribution in [0.1, 0.15) is 24.0 Å². The highest BCUT2D eigenvalue weighted by Gasteiger charge is 2.19. The number of ether oxygens (including phenoxy) is 1. The first kappa shape index (κ1) is 23.0. The van der Waals surface area contributed by atoms with E-state index in [9.17, 15) is 13.2 Å². The van der Waals surface area contributed by atoms with Gasteiger partial charge in [-0.15, -0.1) is 0 Å². The number of hydrogen-bond donors (Lipinski definition) is 1. The third kappa shape index (κ3) is 7.25. The Bertz CT molecular complexity index is 947. The second-order valence-electron chi connectivity index (χ2n) is 6.83. The maximum absolute atomic E-state index is 12.1. The average molecular weight is 439 g/mol. The lowest BCUT2D eigenvalue weighted by Gasteiger charge is -2.23. The molecule has 158 valence electrons. The second-order valence-corrected chi connectivity index (χ2v) is 9.15. The number of carbonyl (C=O) groups is 1. The van der Waals surface area contributed by atoms with E-state index < -0.39 is 10.0 Å². The average Bonchev–Trinajstić information content (AvgIpc) is 2.65. The summed E-state index contributed by atoms with van der Waals surface area (Å²) in [7, 11) is -3.50. The number of nitrogens with one attached hydrogen (secondary N) is 1. The van der Waals surface area contributed by atoms with Gasteiger partial charge in [-0.2, -0.15) is 0 Å². The number of aryl methyl sites for hydroxylation is 2. The molecule has 0 spiro atoms. The standard InChI is InChI=1S/C21H27ClN2O4S/c1-16-10-11-18(15-17(16)2)28-14-12-23-21(25)9-6-13-24(29(3,26)27)20-8-5-4-7-19(20)22/h4-5,7-8,10-11,15H,6,9,12-14H2,1-3H3,(H,23,25). The summed E-state index contributed by atoms with van der Waals surface area (Å²) in [6.07, 6.45) is 1.71. The molecule has 0 unspecified atom stereocenters. The molecule has 6 nitrogen and oxygen atoms in total. The minimum atomic E-state index is -3.50. The number of nitrogens with zero attached hydrogens (tertiary/aromatic N) is 1. The van der Waals surface area contributed by atoms with Crippen molar-refractivity contribution in [3.63, 3.8) is 0 Å². The number of sulfonamides is 1. The Morgan fingerprint density at radius 3 is 2.52 bits per heavy atom. The first-order chi connectivity index (χ1) is 13.7. The van der Waals surface area contributed by atoms with Crippen LogP contribution in [0.25, 0.3) is 0 Å². The molecule has 29 heavy (non-hydrogen) atoms. The largest absolute Gasteiger partial charge is 0.492 e. The zero-order valence-corrected chi connectivity index (χ0v) is 18.5. The first-order valence-corrected chi connectivity index (χ1v) is 11.6. The third-order valence-electron chi connectivity index (χ3n) is 4.46. The van der Waals surface area contributed by atoms with Gasteiger partial charge in [-0.05, 0) is 55.7 Å². The summed E-state index contributed by atoms with van der Waals surface area (Å²) in [6, 6.07) is 12.6. The van der Waals surface area contributed by atoms with Gasteiger partial charge in [0.25, 0.3) is 0 Å². The van der Waals surface area contributed by atoms with Gasteiger partial charge in [-0.3, -0.25) is 9.10 Å². The van der Waals surface area contributed by atoms with Crippen molar-refractivity contribution in [2.75, 3.05) is 30.3 Å². The van der Waals surface area contributed by atoms with Gasteiger partial charge in [0.1, 0.15) is 12.4 Å². The lowest BCUT2D eigenvalue weighted by molar-refractivity contribution is -0.121. The number of halogens is 1. The Balaban J connectivity index is 1.76. The molecule has 0 bridgehead atoms. The molecule has 0 aromatic heterocycles. The molecule has 0 aliphatic heterocycles. The van der Waals surface area contributed by atoms with Crippen molar-refractivity contribution >= 4 is 33.2 Å². The van der Waals surface area contributed by atoms with Crippen molar-refractivity contribution in [1.82, 2.24) is 5.32 Å². The molecule has 1 N–H and O–H groups in total. The van der Waals surface area contributed by atoms with Crippen LogP contribution in [0.5, 0.6) is 5.75 Å². The lowest BCUT2D eigenvalue weighted by atomic mass is 10.1. The van der Waals surface area contributed by atoms with E-state index in [-0.39, 0.29) is 18.9 Å². The molecule has 0 saturated carbocycles. The van der Waals surface area contributed by atoms with Crippen LogP contribution in [0.2, 0.25) is 5.02 Å². The molecular weight excluding hydrogens is 412 g/mol. The van der Waals surface area contributed by atoms with Crippen LogP contribution in [0, 0.1) is 13.8 Å². The summed E-state index contributed by atoms with van der Waals surface area (Å²) in [5.74, 6) is 0.618. The minimum absolute atomic E-state index is 0.152. The predicted octanol–water partition coefficient (Wildman–Crippen LogP) is 3.70. The van der Waals surface area contributed by atoms with Crippen molar-refractivity contribution < 1.29 is 17.9 Å². The fraction of sp³-hybridized carbons (Fsp3) is 0.381. The maximum Gasteiger partial charge on any atom is 0.232 e. The lowest BCUT2D eigenvalue weighted by Crippen LogP contribution is -2.33. The van der Waals surface area contributed by atoms with Crippen molar-refractivity contribution in [2.45, 2.75) is 26.7 Å². The van der Waals surface area contributed by atoms with Gasteiger partial charge in [0.05, 0.1) is 23.5 Å². The quantitative estimate of drug-likeness (QED) is 0.574. The number of carbonyl (C=O) groups excluding carboxylic acids is 1. The van der Waals surface area contributed by atoms with E-state index >= 15 is 0 Å². The number of rotatable bonds is 10. The summed E-state index contributed by atoms with van der Waals surface area (Å²) in [5, 5.41) is 3.14. The molecule has 0 fully saturated rings. The highest BCUT2D eigenvalue weighted by molar-refractivity contribution is 7.92. The van der Waals surface area contributed by atoms with Crippen LogP contribution in [0.3, 0.4) is 0 Å². The Morgan fingerprint density at radius 1 is 1.14 bits per heavy atom. The molecule has 2 aromatic rings. The smallest absolute Gasteiger partial charge is 0.232 e. The van der Waals surface area contributed by atoms with E-state index in [2.05, 4.69) is 5.32 Å². The van der Waals surface area contributed by atoms with E-state index in [1.165, 1.54) is 9.87 Å². The Labute approximate surface area is 177 Å². The summed E-state index contributed by atoms with van der Waals surface area (Å²) in [6.45, 7) is 4.98. The van der Waals surface area contributed by atoms with E-state index in [0.29, 0.717) is 30.3 Å². The van der Waals surface area contributed by atoms with Gasteiger partial charge in [0.15, 0.2) is 0 Å². The Kier molecular flexibility index (Phi) is 8.34. The van der Waals surface area contributed by atoms with Crippen LogP contribution in [0.4, 0.5) is 5.69 Å². The number of benzene rings is 2. The number of anilines is 1. The van der Waals surface area contributed by atoms with Crippen LogP contribution < -0.4 is 14.4 Å². The van der Waals surface area contributed by atoms with E-state index in [1.54, 1.807) is 24.3 Å². The molecule has 2 aromatic carbocycles. The highest BCUT2D eigenvalue weighted by Crippen LogP contribution is 2.27. The number of amides is 1. The fourth-order valence-corrected chi connectivity index (χ4v) is 4.02. The van der Waals surface area contributed by atoms with Gasteiger partial charge in [0.2, 0.25) is 15.9 Å². The third-order valence-corrected chi connectivity index (χ3v) is 5.96. The zero-order chi connectivity index (χ0) is 21.4. The van der Waals surface area contributed by atoms with Crippen molar-refractivity contribution in [3.8, 4) is 5.75 Å². The summed E-state index contributed by atoms with van der Waals surface area (Å²) < 4.78 is 31.1. The molecular formula is C21H27ClN2O4S. The van der Waals surface area contributed by atoms with Gasteiger partial charge in [-0.25, -0.2) is 8.42 Å². The topological polar surface area (TPSA) is 75.7 Å². The number of hydrogen-bond acceptors (Lipinski definition) is 4. The molecule has 0 atom stereocenters. The van der Waals surface area contributed by atoms with Gasteiger partial charge in [0, 0.05) is 13.0 Å². The Morgan fingerprint density at radius 2 is 1.86 bits per heavy atom. The molecule has 8 heteroatoms. The first-order valence-electron chi connectivity index (χ1n) is 9.37. The predicted molar refractivity (Wildman–Crippen MR) is 117 cm³/mol. The summed E-state index contributed by atoms with van der Waals surface area (Å²) in [4.78, 5) is 12.0. The maximum atomic E-state index is 12.1. The molecule has 0 aliphatic rings. The van der Waals surface area contributed by atoms with Crippen LogP contribution in [-0.4, -0.2) is 40.3 Å². The highest BCUT2D eigenvalue weighted by atomic mass is 35.5. The normalized spacial score (nSPS) is 11.2. The molecule has 2 rings (SSSR count). The van der Waals surface area contributed by atoms with Gasteiger partial charge < -0.3 is 10.1 Å². The number of para-hydroxylation sites is 1. The molecule has 0 radical (unpaired) electrons. The van der Waals surface area contributed by atoms with Crippen LogP contribution in [0.15, 0.2) is 42.5 Å². The Hall–Kier alpha value is -2.25. The molecule has 1 amide bonds. The van der Waals surface area contributed by atoms with E-state index in [0.717, 1.165) is 17.6 Å². The van der Waals surface area contributed by atoms with Gasteiger partial charge >= 0.3 is 0 Å². The van der Waals surface area contributed by atoms with Crippen molar-refractivity contribution in [2.24, 2.45) is 0 Å². The van der Waals surface area contributed by atoms with Crippen molar-refractivity contribution in [1.29, 1.82) is 0 Å². The molecule has 0 heterocycles. The minimum Gasteiger partial charge on any atom is -0.492 e. The monoisotopic (exact) mass is 438 g/mol. The van der Waals surface area contributed by atoms with Gasteiger partial charge in [-0.1, -0.05) is 29.8 Å². The molecule has 0 aliphatic carbocycles. The van der Waals surface area contributed by atoms with E-state index in [1.807, 2.05) is 32.0 Å². The summed E-state index contributed by atoms with van der Waals surface area (Å²) in [5.41, 5.74) is 2.77. The van der Waals surface area contributed by atoms with E-state index in [4.69, 9.17) is 16.3 Å². The van der Waals surface area contributed by atoms with Crippen LogP contribution >= 0.6 is 11.6 Å². The van der Waals surface area contributed by atoms with Crippen LogP contribution in [-0.2, 0) is 14.8 Å². The SMILES string of the molecule is Cc1ccc(OCCNC(=O)CCCN(c2ccccc2Cl)S(C)(=O)=O)cc1C. The van der Waals surface area contributed by atoms with Crippen molar-refractivity contribution in [3.05, 3.63) is 58.6 Å².